The van der Waals surface area contributed by atoms with Gasteiger partial charge in [-0.2, -0.15) is 13.2 Å². The summed E-state index contributed by atoms with van der Waals surface area (Å²) in [4.78, 5) is 29.0. The number of para-hydroxylation sites is 2. The molecule has 2 aromatic carbocycles. The van der Waals surface area contributed by atoms with Crippen molar-refractivity contribution in [3.8, 4) is 0 Å². The minimum Gasteiger partial charge on any atom is -0.379 e. The molecule has 0 spiro atoms. The molecular weight excluding hydrogens is 491 g/mol. The van der Waals surface area contributed by atoms with Gasteiger partial charge in [0.2, 0.25) is 0 Å². The van der Waals surface area contributed by atoms with Gasteiger partial charge in [0.15, 0.2) is 5.17 Å². The molecule has 11 heteroatoms. The third-order valence-corrected chi connectivity index (χ3v) is 6.87. The fourth-order valence-electron chi connectivity index (χ4n) is 4.63. The second-order valence-electron chi connectivity index (χ2n) is 8.28. The predicted octanol–water partition coefficient (Wildman–Crippen LogP) is 4.73. The standard InChI is InChI=1S/C25H20F3N5O2S/c26-25(27,28)17-7-3-6-14-16(12-33(21(14)17)9-4-10-36-24(29)30)20-19(22(34)32-23(20)35)15-11-31-18-8-2-1-5-13(15)18/h1-3,5-8,11-12,31H,4,9-10H2,(H3,29,30)(H,32,34,35). The van der Waals surface area contributed by atoms with Gasteiger partial charge < -0.3 is 15.3 Å². The van der Waals surface area contributed by atoms with Crippen LogP contribution in [0.4, 0.5) is 13.2 Å². The van der Waals surface area contributed by atoms with Crippen LogP contribution in [0.3, 0.4) is 0 Å². The van der Waals surface area contributed by atoms with Gasteiger partial charge in [0.1, 0.15) is 0 Å². The zero-order chi connectivity index (χ0) is 25.6. The zero-order valence-corrected chi connectivity index (χ0v) is 19.5. The number of nitrogens with two attached hydrogens (primary N) is 1. The predicted molar refractivity (Wildman–Crippen MR) is 134 cm³/mol. The third kappa shape index (κ3) is 4.05. The number of H-pyrrole nitrogens is 1. The Kier molecular flexibility index (Phi) is 5.87. The second-order valence-corrected chi connectivity index (χ2v) is 9.42. The summed E-state index contributed by atoms with van der Waals surface area (Å²) in [5, 5.41) is 10.5. The first-order valence-corrected chi connectivity index (χ1v) is 12.0. The van der Waals surface area contributed by atoms with Crippen molar-refractivity contribution in [1.29, 1.82) is 5.41 Å². The molecule has 2 amide bonds. The summed E-state index contributed by atoms with van der Waals surface area (Å²) in [6.07, 6.45) is -1.06. The molecule has 1 aliphatic rings. The number of imide groups is 1. The largest absolute Gasteiger partial charge is 0.418 e. The highest BCUT2D eigenvalue weighted by molar-refractivity contribution is 8.13. The van der Waals surface area contributed by atoms with Crippen molar-refractivity contribution in [3.63, 3.8) is 0 Å². The Morgan fingerprint density at radius 3 is 2.42 bits per heavy atom. The Morgan fingerprint density at radius 2 is 1.69 bits per heavy atom. The number of nitrogens with zero attached hydrogens (tertiary/aromatic N) is 1. The average Bonchev–Trinajstić information content (AvgIpc) is 3.48. The molecule has 0 fully saturated rings. The van der Waals surface area contributed by atoms with Crippen LogP contribution in [0.25, 0.3) is 33.0 Å². The number of rotatable bonds is 6. The molecule has 36 heavy (non-hydrogen) atoms. The number of carbonyl (C=O) groups is 2. The Balaban J connectivity index is 1.73. The van der Waals surface area contributed by atoms with Crippen molar-refractivity contribution in [2.24, 2.45) is 5.73 Å². The fraction of sp³-hybridized carbons (Fsp3) is 0.160. The average molecular weight is 512 g/mol. The van der Waals surface area contributed by atoms with Crippen molar-refractivity contribution in [3.05, 3.63) is 71.5 Å². The Hall–Kier alpha value is -3.99. The van der Waals surface area contributed by atoms with Crippen molar-refractivity contribution in [2.75, 3.05) is 5.75 Å². The van der Waals surface area contributed by atoms with E-state index in [0.717, 1.165) is 28.7 Å². The second kappa shape index (κ2) is 8.90. The molecule has 2 aromatic heterocycles. The number of carbonyl (C=O) groups excluding carboxylic acids is 2. The number of aromatic nitrogens is 2. The SMILES string of the molecule is N=C(N)SCCCn1cc(C2=C(c3c[nH]c4ccccc34)C(=O)NC2=O)c2cccc(C(F)(F)F)c21. The van der Waals surface area contributed by atoms with Crippen molar-refractivity contribution in [1.82, 2.24) is 14.9 Å². The number of nitrogens with one attached hydrogen (secondary N) is 3. The highest BCUT2D eigenvalue weighted by Crippen LogP contribution is 2.42. The van der Waals surface area contributed by atoms with E-state index in [1.54, 1.807) is 18.3 Å². The lowest BCUT2D eigenvalue weighted by molar-refractivity contribution is -0.136. The van der Waals surface area contributed by atoms with Gasteiger partial charge in [-0.15, -0.1) is 0 Å². The van der Waals surface area contributed by atoms with Crippen LogP contribution < -0.4 is 11.1 Å². The smallest absolute Gasteiger partial charge is 0.379 e. The number of aryl methyl sites for hydroxylation is 1. The lowest BCUT2D eigenvalue weighted by atomic mass is 9.95. The molecule has 7 nitrogen and oxygen atoms in total. The molecule has 0 radical (unpaired) electrons. The number of amides is 2. The molecule has 3 heterocycles. The molecule has 0 aliphatic carbocycles. The number of halogens is 3. The van der Waals surface area contributed by atoms with E-state index in [4.69, 9.17) is 11.1 Å². The molecule has 5 rings (SSSR count). The molecule has 0 unspecified atom stereocenters. The van der Waals surface area contributed by atoms with Gasteiger partial charge in [0, 0.05) is 52.1 Å². The van der Waals surface area contributed by atoms with Crippen molar-refractivity contribution < 1.29 is 22.8 Å². The first kappa shape index (κ1) is 23.7. The van der Waals surface area contributed by atoms with Gasteiger partial charge in [0.05, 0.1) is 22.2 Å². The molecule has 0 saturated heterocycles. The van der Waals surface area contributed by atoms with Crippen molar-refractivity contribution in [2.45, 2.75) is 19.1 Å². The van der Waals surface area contributed by atoms with E-state index in [0.29, 0.717) is 17.7 Å². The Bertz CT molecular complexity index is 1580. The van der Waals surface area contributed by atoms with Crippen LogP contribution in [-0.4, -0.2) is 32.3 Å². The molecule has 184 valence electrons. The monoisotopic (exact) mass is 511 g/mol. The van der Waals surface area contributed by atoms with Gasteiger partial charge in [-0.1, -0.05) is 42.1 Å². The van der Waals surface area contributed by atoms with Crippen LogP contribution in [0.15, 0.2) is 54.9 Å². The summed E-state index contributed by atoms with van der Waals surface area (Å²) in [5.41, 5.74) is 6.12. The van der Waals surface area contributed by atoms with E-state index in [1.165, 1.54) is 22.9 Å². The first-order chi connectivity index (χ1) is 17.2. The molecule has 1 aliphatic heterocycles. The zero-order valence-electron chi connectivity index (χ0n) is 18.7. The quantitative estimate of drug-likeness (QED) is 0.130. The molecule has 4 aromatic rings. The minimum absolute atomic E-state index is 0.0333. The van der Waals surface area contributed by atoms with Crippen LogP contribution in [-0.2, 0) is 22.3 Å². The van der Waals surface area contributed by atoms with Crippen LogP contribution in [0.2, 0.25) is 0 Å². The van der Waals surface area contributed by atoms with Gasteiger partial charge in [0.25, 0.3) is 11.8 Å². The highest BCUT2D eigenvalue weighted by Gasteiger charge is 2.38. The maximum absolute atomic E-state index is 14.0. The molecule has 0 atom stereocenters. The van der Waals surface area contributed by atoms with Crippen LogP contribution in [0, 0.1) is 5.41 Å². The number of hydrogen-bond acceptors (Lipinski definition) is 4. The van der Waals surface area contributed by atoms with E-state index in [9.17, 15) is 22.8 Å². The summed E-state index contributed by atoms with van der Waals surface area (Å²) in [6.45, 7) is 0.204. The molecule has 5 N–H and O–H groups in total. The van der Waals surface area contributed by atoms with Gasteiger partial charge in [-0.3, -0.25) is 20.3 Å². The first-order valence-electron chi connectivity index (χ1n) is 11.0. The van der Waals surface area contributed by atoms with Crippen molar-refractivity contribution >= 4 is 61.7 Å². The number of fused-ring (bicyclic) bond motifs is 2. The normalized spacial score (nSPS) is 14.3. The van der Waals surface area contributed by atoms with E-state index in [-0.39, 0.29) is 39.3 Å². The maximum Gasteiger partial charge on any atom is 0.418 e. The van der Waals surface area contributed by atoms with Gasteiger partial charge in [-0.05, 0) is 18.6 Å². The number of amidine groups is 1. The molecule has 0 bridgehead atoms. The van der Waals surface area contributed by atoms with Gasteiger partial charge >= 0.3 is 6.18 Å². The molecule has 0 saturated carbocycles. The lowest BCUT2D eigenvalue weighted by Crippen LogP contribution is -2.22. The minimum atomic E-state index is -4.62. The number of aromatic amines is 1. The molecular formula is C25H20F3N5O2S. The summed E-state index contributed by atoms with van der Waals surface area (Å²) in [6, 6.07) is 11.1. The fourth-order valence-corrected chi connectivity index (χ4v) is 5.12. The Morgan fingerprint density at radius 1 is 1.00 bits per heavy atom. The van der Waals surface area contributed by atoms with Crippen LogP contribution in [0.1, 0.15) is 23.1 Å². The summed E-state index contributed by atoms with van der Waals surface area (Å²) < 4.78 is 43.4. The number of hydrogen-bond donors (Lipinski definition) is 4. The summed E-state index contributed by atoms with van der Waals surface area (Å²) in [7, 11) is 0. The van der Waals surface area contributed by atoms with Crippen LogP contribution in [0.5, 0.6) is 0 Å². The maximum atomic E-state index is 14.0. The van der Waals surface area contributed by atoms with E-state index < -0.39 is 23.6 Å². The Labute approximate surface area is 207 Å². The highest BCUT2D eigenvalue weighted by atomic mass is 32.2. The summed E-state index contributed by atoms with van der Waals surface area (Å²) >= 11 is 1.10. The van der Waals surface area contributed by atoms with E-state index in [2.05, 4.69) is 10.3 Å². The lowest BCUT2D eigenvalue weighted by Gasteiger charge is -2.12. The number of thioether (sulfide) groups is 1. The number of benzene rings is 2. The van der Waals surface area contributed by atoms with Gasteiger partial charge in [-0.25, -0.2) is 0 Å². The topological polar surface area (TPSA) is 117 Å². The van der Waals surface area contributed by atoms with E-state index in [1.807, 2.05) is 12.1 Å². The number of alkyl halides is 3. The summed E-state index contributed by atoms with van der Waals surface area (Å²) in [5.74, 6) is -0.824. The van der Waals surface area contributed by atoms with Crippen LogP contribution >= 0.6 is 11.8 Å². The van der Waals surface area contributed by atoms with E-state index >= 15 is 0 Å². The third-order valence-electron chi connectivity index (χ3n) is 6.06.